The predicted molar refractivity (Wildman–Crippen MR) is 112 cm³/mol. The van der Waals surface area contributed by atoms with Crippen molar-refractivity contribution in [2.75, 3.05) is 13.1 Å². The van der Waals surface area contributed by atoms with Crippen LogP contribution in [0.25, 0.3) is 0 Å². The zero-order chi connectivity index (χ0) is 18.1. The van der Waals surface area contributed by atoms with Crippen molar-refractivity contribution in [1.82, 2.24) is 8.46 Å². The van der Waals surface area contributed by atoms with Crippen LogP contribution in [0.1, 0.15) is 0 Å². The number of rotatable bonds is 8. The normalized spacial score (nSPS) is 14.8. The van der Waals surface area contributed by atoms with Gasteiger partial charge in [-0.1, -0.05) is 78.6 Å². The van der Waals surface area contributed by atoms with Crippen LogP contribution in [-0.2, 0) is 4.79 Å². The van der Waals surface area contributed by atoms with Gasteiger partial charge in [0.1, 0.15) is 32.9 Å². The van der Waals surface area contributed by atoms with E-state index >= 15 is 0 Å². The van der Waals surface area contributed by atoms with E-state index < -0.39 is 32.9 Å². The summed E-state index contributed by atoms with van der Waals surface area (Å²) in [6.45, 7) is 29.7. The Morgan fingerprint density at radius 2 is 0.727 bits per heavy atom. The van der Waals surface area contributed by atoms with Crippen LogP contribution in [0.5, 0.6) is 0 Å². The highest BCUT2D eigenvalue weighted by Crippen LogP contribution is 2.22. The number of carbonyl (C=O) groups is 1. The first-order chi connectivity index (χ1) is 9.37. The summed E-state index contributed by atoms with van der Waals surface area (Å²) in [5.41, 5.74) is 0. The molecule has 0 radical (unpaired) electrons. The predicted octanol–water partition coefficient (Wildman–Crippen LogP) is 4.50. The van der Waals surface area contributed by atoms with Gasteiger partial charge in [-0.15, -0.1) is 0 Å². The molecule has 0 rings (SSSR count). The largest absolute Gasteiger partial charge is 0.340 e. The molecule has 22 heavy (non-hydrogen) atoms. The van der Waals surface area contributed by atoms with Gasteiger partial charge in [-0.25, -0.2) is 0 Å². The van der Waals surface area contributed by atoms with E-state index in [0.717, 1.165) is 0 Å². The van der Waals surface area contributed by atoms with Crippen molar-refractivity contribution < 1.29 is 4.79 Å². The zero-order valence-corrected chi connectivity index (χ0v) is 21.2. The van der Waals surface area contributed by atoms with E-state index in [2.05, 4.69) is 87.0 Å². The minimum Gasteiger partial charge on any atom is -0.340 e. The van der Waals surface area contributed by atoms with Gasteiger partial charge in [0.2, 0.25) is 0 Å². The molecule has 7 heteroatoms. The van der Waals surface area contributed by atoms with Gasteiger partial charge in [0, 0.05) is 13.1 Å². The Morgan fingerprint density at radius 1 is 0.545 bits per heavy atom. The van der Waals surface area contributed by atoms with Crippen molar-refractivity contribution in [2.45, 2.75) is 78.6 Å². The highest BCUT2D eigenvalue weighted by molar-refractivity contribution is 6.90. The lowest BCUT2D eigenvalue weighted by Gasteiger charge is -2.45. The van der Waals surface area contributed by atoms with Crippen molar-refractivity contribution in [2.24, 2.45) is 0 Å². The van der Waals surface area contributed by atoms with Gasteiger partial charge < -0.3 is 8.46 Å². The quantitative estimate of drug-likeness (QED) is 0.583. The van der Waals surface area contributed by atoms with E-state index in [4.69, 9.17) is 0 Å². The molecule has 0 aromatic rings. The van der Waals surface area contributed by atoms with E-state index in [0.29, 0.717) is 18.9 Å². The van der Waals surface area contributed by atoms with Gasteiger partial charge in [-0.05, 0) is 0 Å². The lowest BCUT2D eigenvalue weighted by Crippen LogP contribution is -2.64. The number of hydrogen-bond acceptors (Lipinski definition) is 3. The van der Waals surface area contributed by atoms with E-state index in [-0.39, 0.29) is 0 Å². The fourth-order valence-corrected chi connectivity index (χ4v) is 22.1. The second kappa shape index (κ2) is 7.14. The lowest BCUT2D eigenvalue weighted by atomic mass is 10.4. The molecule has 0 aliphatic rings. The number of hydrogen-bond donors (Lipinski definition) is 0. The van der Waals surface area contributed by atoms with Crippen molar-refractivity contribution in [3.05, 3.63) is 0 Å². The maximum atomic E-state index is 12.9. The van der Waals surface area contributed by atoms with Gasteiger partial charge in [0.05, 0.1) is 0 Å². The van der Waals surface area contributed by atoms with Crippen LogP contribution in [-0.4, -0.2) is 60.3 Å². The summed E-state index contributed by atoms with van der Waals surface area (Å²) in [4.78, 5) is 12.9. The second-order valence-electron chi connectivity index (χ2n) is 10.4. The standard InChI is InChI=1S/C15H40N2OSi4/c1-19(2,3)16(20(4,5)6)13-15(18)14-17(21(7,8)9)22(10,11)12/h13-14H2,1-12H3. The van der Waals surface area contributed by atoms with E-state index in [9.17, 15) is 4.79 Å². The molecule has 0 aliphatic carbocycles. The third kappa shape index (κ3) is 7.35. The zero-order valence-electron chi connectivity index (χ0n) is 17.2. The molecule has 0 spiro atoms. The summed E-state index contributed by atoms with van der Waals surface area (Å²) in [7, 11) is -5.80. The molecule has 0 saturated carbocycles. The summed E-state index contributed by atoms with van der Waals surface area (Å²) in [5.74, 6) is 0.426. The summed E-state index contributed by atoms with van der Waals surface area (Å²) in [5, 5.41) is 0. The van der Waals surface area contributed by atoms with Crippen LogP contribution in [0.4, 0.5) is 0 Å². The van der Waals surface area contributed by atoms with Crippen LogP contribution in [0.15, 0.2) is 0 Å². The number of carbonyl (C=O) groups excluding carboxylic acids is 1. The molecular formula is C15H40N2OSi4. The highest BCUT2D eigenvalue weighted by atomic mass is 28.4. The van der Waals surface area contributed by atoms with Crippen molar-refractivity contribution in [3.8, 4) is 0 Å². The van der Waals surface area contributed by atoms with E-state index in [1.807, 2.05) is 0 Å². The summed E-state index contributed by atoms with van der Waals surface area (Å²) in [6.07, 6.45) is 0. The summed E-state index contributed by atoms with van der Waals surface area (Å²) in [6, 6.07) is 0. The van der Waals surface area contributed by atoms with E-state index in [1.165, 1.54) is 0 Å². The lowest BCUT2D eigenvalue weighted by molar-refractivity contribution is -0.118. The average Bonchev–Trinajstić information content (AvgIpc) is 2.15. The van der Waals surface area contributed by atoms with Crippen LogP contribution in [0.2, 0.25) is 78.6 Å². The minimum atomic E-state index is -1.45. The molecule has 0 fully saturated rings. The van der Waals surface area contributed by atoms with Gasteiger partial charge in [0.25, 0.3) is 0 Å². The molecule has 0 N–H and O–H groups in total. The third-order valence-electron chi connectivity index (χ3n) is 3.91. The van der Waals surface area contributed by atoms with Crippen molar-refractivity contribution >= 4 is 38.7 Å². The molecule has 0 heterocycles. The van der Waals surface area contributed by atoms with Gasteiger partial charge in [-0.3, -0.25) is 4.79 Å². The molecule has 0 unspecified atom stereocenters. The SMILES string of the molecule is C[Si](C)(C)N(CC(=O)CN([Si](C)(C)C)[Si](C)(C)C)[Si](C)(C)C. The Hall–Kier alpha value is 0.458. The number of Topliss-reactive ketones (excluding diaryl/α,β-unsaturated/α-hetero) is 1. The smallest absolute Gasteiger partial charge is 0.158 e. The molecule has 0 atom stereocenters. The molecule has 0 amide bonds. The van der Waals surface area contributed by atoms with Crippen molar-refractivity contribution in [1.29, 1.82) is 0 Å². The fraction of sp³-hybridized carbons (Fsp3) is 0.933. The Kier molecular flexibility index (Phi) is 7.29. The monoisotopic (exact) mass is 376 g/mol. The molecule has 0 saturated heterocycles. The maximum Gasteiger partial charge on any atom is 0.158 e. The van der Waals surface area contributed by atoms with Gasteiger partial charge >= 0.3 is 0 Å². The van der Waals surface area contributed by atoms with Crippen LogP contribution in [0, 0.1) is 0 Å². The van der Waals surface area contributed by atoms with Crippen LogP contribution < -0.4 is 0 Å². The first kappa shape index (κ1) is 22.5. The average molecular weight is 377 g/mol. The highest BCUT2D eigenvalue weighted by Gasteiger charge is 2.38. The summed E-state index contributed by atoms with van der Waals surface area (Å²) >= 11 is 0. The van der Waals surface area contributed by atoms with Crippen molar-refractivity contribution in [3.63, 3.8) is 0 Å². The molecule has 0 aliphatic heterocycles. The van der Waals surface area contributed by atoms with Crippen LogP contribution >= 0.6 is 0 Å². The molecule has 0 aromatic carbocycles. The fourth-order valence-electron chi connectivity index (χ4n) is 3.36. The second-order valence-corrected chi connectivity index (χ2v) is 30.8. The molecule has 132 valence electrons. The maximum absolute atomic E-state index is 12.9. The summed E-state index contributed by atoms with van der Waals surface area (Å²) < 4.78 is 5.21. The molecule has 0 aromatic heterocycles. The molecule has 0 bridgehead atoms. The number of nitrogens with zero attached hydrogens (tertiary/aromatic N) is 2. The Balaban J connectivity index is 5.20. The first-order valence-corrected chi connectivity index (χ1v) is 22.2. The van der Waals surface area contributed by atoms with Gasteiger partial charge in [0.15, 0.2) is 5.78 Å². The first-order valence-electron chi connectivity index (χ1n) is 8.44. The Bertz CT molecular complexity index is 322. The van der Waals surface area contributed by atoms with Gasteiger partial charge in [-0.2, -0.15) is 0 Å². The molecule has 3 nitrogen and oxygen atoms in total. The minimum absolute atomic E-state index is 0.426. The number of ketones is 1. The van der Waals surface area contributed by atoms with Crippen LogP contribution in [0.3, 0.4) is 0 Å². The Morgan fingerprint density at radius 3 is 0.864 bits per heavy atom. The van der Waals surface area contributed by atoms with E-state index in [1.54, 1.807) is 0 Å². The Labute approximate surface area is 143 Å². The topological polar surface area (TPSA) is 23.6 Å². The third-order valence-corrected chi connectivity index (χ3v) is 19.1. The molecular weight excluding hydrogens is 337 g/mol.